The summed E-state index contributed by atoms with van der Waals surface area (Å²) in [5.74, 6) is 1.84. The van der Waals surface area contributed by atoms with Crippen LogP contribution in [0, 0.1) is 0 Å². The van der Waals surface area contributed by atoms with Crippen LogP contribution in [0.4, 0.5) is 0 Å². The predicted octanol–water partition coefficient (Wildman–Crippen LogP) is 15.3. The van der Waals surface area contributed by atoms with Crippen molar-refractivity contribution in [2.45, 2.75) is 12.3 Å². The molecule has 12 rings (SSSR count). The Morgan fingerprint density at radius 3 is 1.55 bits per heavy atom. The molecular formula is C57H37N3O2. The summed E-state index contributed by atoms with van der Waals surface area (Å²) in [5.41, 5.74) is 13.7. The molecule has 1 aliphatic rings. The summed E-state index contributed by atoms with van der Waals surface area (Å²) in [6.45, 7) is 0. The summed E-state index contributed by atoms with van der Waals surface area (Å²) >= 11 is 0. The van der Waals surface area contributed by atoms with Crippen molar-refractivity contribution in [3.63, 3.8) is 0 Å². The van der Waals surface area contributed by atoms with Gasteiger partial charge in [-0.05, 0) is 70.1 Å². The van der Waals surface area contributed by atoms with Gasteiger partial charge in [0.15, 0.2) is 11.6 Å². The maximum absolute atomic E-state index is 7.06. The van der Waals surface area contributed by atoms with Crippen molar-refractivity contribution >= 4 is 43.9 Å². The van der Waals surface area contributed by atoms with Crippen LogP contribution < -0.4 is 0 Å². The molecule has 8 aromatic carbocycles. The van der Waals surface area contributed by atoms with E-state index in [1.807, 2.05) is 24.3 Å². The lowest BCUT2D eigenvalue weighted by Gasteiger charge is -2.14. The fourth-order valence-corrected chi connectivity index (χ4v) is 9.10. The molecule has 0 aliphatic heterocycles. The van der Waals surface area contributed by atoms with Crippen LogP contribution in [0.2, 0.25) is 0 Å². The number of hydrogen-bond acceptors (Lipinski definition) is 5. The summed E-state index contributed by atoms with van der Waals surface area (Å²) in [4.78, 5) is 15.6. The van der Waals surface area contributed by atoms with Gasteiger partial charge in [0.05, 0.1) is 5.56 Å². The van der Waals surface area contributed by atoms with Crippen LogP contribution >= 0.6 is 0 Å². The third kappa shape index (κ3) is 6.05. The molecule has 0 fully saturated rings. The molecule has 5 nitrogen and oxygen atoms in total. The van der Waals surface area contributed by atoms with E-state index in [4.69, 9.17) is 23.8 Å². The van der Waals surface area contributed by atoms with Crippen molar-refractivity contribution in [3.8, 4) is 67.3 Å². The Balaban J connectivity index is 1.05. The smallest absolute Gasteiger partial charge is 0.167 e. The number of nitrogens with zero attached hydrogens (tertiary/aromatic N) is 3. The Hall–Kier alpha value is -8.15. The molecule has 11 aromatic rings. The Kier molecular flexibility index (Phi) is 8.56. The van der Waals surface area contributed by atoms with Crippen LogP contribution in [-0.4, -0.2) is 15.0 Å². The fourth-order valence-electron chi connectivity index (χ4n) is 9.10. The van der Waals surface area contributed by atoms with Crippen LogP contribution in [0.1, 0.15) is 18.2 Å². The first-order valence-electron chi connectivity index (χ1n) is 21.0. The van der Waals surface area contributed by atoms with Crippen LogP contribution in [0.15, 0.2) is 215 Å². The number of allylic oxidation sites excluding steroid dienone is 4. The average Bonchev–Trinajstić information content (AvgIpc) is 3.93. The number of fused-ring (bicyclic) bond motifs is 6. The van der Waals surface area contributed by atoms with Gasteiger partial charge in [-0.25, -0.2) is 15.0 Å². The lowest BCUT2D eigenvalue weighted by molar-refractivity contribution is 0.669. The van der Waals surface area contributed by atoms with Gasteiger partial charge in [0.1, 0.15) is 28.2 Å². The molecule has 62 heavy (non-hydrogen) atoms. The highest BCUT2D eigenvalue weighted by atomic mass is 16.3. The van der Waals surface area contributed by atoms with Crippen molar-refractivity contribution in [2.24, 2.45) is 0 Å². The van der Waals surface area contributed by atoms with Gasteiger partial charge < -0.3 is 8.83 Å². The molecule has 0 radical (unpaired) electrons. The Morgan fingerprint density at radius 2 is 0.935 bits per heavy atom. The van der Waals surface area contributed by atoms with Gasteiger partial charge in [0.2, 0.25) is 0 Å². The lowest BCUT2D eigenvalue weighted by atomic mass is 9.92. The predicted molar refractivity (Wildman–Crippen MR) is 253 cm³/mol. The number of rotatable bonds is 7. The van der Waals surface area contributed by atoms with E-state index in [1.54, 1.807) is 0 Å². The largest absolute Gasteiger partial charge is 0.455 e. The van der Waals surface area contributed by atoms with Gasteiger partial charge in [0, 0.05) is 44.2 Å². The molecule has 3 heterocycles. The maximum atomic E-state index is 7.06. The van der Waals surface area contributed by atoms with Crippen LogP contribution in [-0.2, 0) is 0 Å². The summed E-state index contributed by atoms with van der Waals surface area (Å²) < 4.78 is 14.0. The second kappa shape index (κ2) is 14.8. The van der Waals surface area contributed by atoms with Gasteiger partial charge in [-0.3, -0.25) is 0 Å². The summed E-state index contributed by atoms with van der Waals surface area (Å²) in [7, 11) is 0. The van der Waals surface area contributed by atoms with Gasteiger partial charge in [-0.1, -0.05) is 176 Å². The molecule has 0 amide bonds. The standard InChI is InChI=1S/C57H37N3O2/c1-6-17-36(18-7-1)42-31-33-46-44-30-29-41(35-49(44)61-53(46)50(42)38-21-10-3-11-22-38)56-58-55(40-25-14-5-15-26-40)59-57(60-56)48-28-16-27-45-47-34-32-43(37-19-8-2-9-20-37)51(54(47)62-52(45)48)39-23-12-4-13-24-39/h1-25,27-35,40H,26H2. The van der Waals surface area contributed by atoms with E-state index >= 15 is 0 Å². The first-order chi connectivity index (χ1) is 30.7. The van der Waals surface area contributed by atoms with Gasteiger partial charge in [0.25, 0.3) is 0 Å². The highest BCUT2D eigenvalue weighted by molar-refractivity contribution is 6.16. The second-order valence-electron chi connectivity index (χ2n) is 15.8. The zero-order chi connectivity index (χ0) is 41.0. The zero-order valence-corrected chi connectivity index (χ0v) is 33.6. The van der Waals surface area contributed by atoms with Crippen LogP contribution in [0.3, 0.4) is 0 Å². The topological polar surface area (TPSA) is 65.0 Å². The average molecular weight is 796 g/mol. The lowest BCUT2D eigenvalue weighted by Crippen LogP contribution is -2.07. The van der Waals surface area contributed by atoms with E-state index in [-0.39, 0.29) is 5.92 Å². The molecule has 292 valence electrons. The molecular weight excluding hydrogens is 759 g/mol. The fraction of sp³-hybridized carbons (Fsp3) is 0.0351. The molecule has 0 saturated carbocycles. The molecule has 3 aromatic heterocycles. The molecule has 0 bridgehead atoms. The van der Waals surface area contributed by atoms with E-state index in [1.165, 1.54) is 0 Å². The second-order valence-corrected chi connectivity index (χ2v) is 15.8. The first kappa shape index (κ1) is 35.8. The molecule has 0 saturated heterocycles. The van der Waals surface area contributed by atoms with Gasteiger partial charge in [-0.15, -0.1) is 0 Å². The molecule has 0 N–H and O–H groups in total. The molecule has 0 spiro atoms. The summed E-state index contributed by atoms with van der Waals surface area (Å²) in [5, 5.41) is 4.14. The quantitative estimate of drug-likeness (QED) is 0.161. The third-order valence-corrected chi connectivity index (χ3v) is 12.1. The van der Waals surface area contributed by atoms with E-state index in [0.29, 0.717) is 17.5 Å². The van der Waals surface area contributed by atoms with Crippen molar-refractivity contribution in [1.29, 1.82) is 0 Å². The minimum absolute atomic E-state index is 0.00624. The maximum Gasteiger partial charge on any atom is 0.167 e. The number of hydrogen-bond donors (Lipinski definition) is 0. The minimum Gasteiger partial charge on any atom is -0.455 e. The van der Waals surface area contributed by atoms with Gasteiger partial charge >= 0.3 is 0 Å². The SMILES string of the molecule is C1=CCC(c2nc(-c3ccc4c(c3)oc3c(-c5ccccc5)c(-c5ccccc5)ccc34)nc(-c3cccc4c3oc3c(-c5ccccc5)c(-c5ccccc5)ccc34)n2)C=C1. The molecule has 1 atom stereocenters. The van der Waals surface area contributed by atoms with Crippen molar-refractivity contribution in [1.82, 2.24) is 15.0 Å². The highest BCUT2D eigenvalue weighted by Crippen LogP contribution is 2.45. The van der Waals surface area contributed by atoms with Crippen LogP contribution in [0.5, 0.6) is 0 Å². The zero-order valence-electron chi connectivity index (χ0n) is 33.6. The van der Waals surface area contributed by atoms with Crippen molar-refractivity contribution < 1.29 is 8.83 Å². The van der Waals surface area contributed by atoms with Gasteiger partial charge in [-0.2, -0.15) is 0 Å². The summed E-state index contributed by atoms with van der Waals surface area (Å²) in [6.07, 6.45) is 9.27. The molecule has 1 unspecified atom stereocenters. The monoisotopic (exact) mass is 795 g/mol. The van der Waals surface area contributed by atoms with Crippen molar-refractivity contribution in [2.75, 3.05) is 0 Å². The first-order valence-corrected chi connectivity index (χ1v) is 21.0. The normalized spacial score (nSPS) is 13.8. The number of benzene rings is 8. The Morgan fingerprint density at radius 1 is 0.387 bits per heavy atom. The van der Waals surface area contributed by atoms with E-state index in [2.05, 4.69) is 182 Å². The van der Waals surface area contributed by atoms with Crippen LogP contribution in [0.25, 0.3) is 111 Å². The van der Waals surface area contributed by atoms with E-state index < -0.39 is 0 Å². The van der Waals surface area contributed by atoms with E-state index in [0.717, 1.165) is 106 Å². The third-order valence-electron chi connectivity index (χ3n) is 12.1. The number of para-hydroxylation sites is 1. The van der Waals surface area contributed by atoms with Crippen molar-refractivity contribution in [3.05, 3.63) is 212 Å². The Bertz CT molecular complexity index is 3530. The summed E-state index contributed by atoms with van der Waals surface area (Å²) in [6, 6.07) is 63.3. The number of aromatic nitrogens is 3. The molecule has 5 heteroatoms. The number of furan rings is 2. The highest BCUT2D eigenvalue weighted by Gasteiger charge is 2.24. The van der Waals surface area contributed by atoms with E-state index in [9.17, 15) is 0 Å². The minimum atomic E-state index is -0.00624. The Labute approximate surface area is 358 Å². The molecule has 1 aliphatic carbocycles.